The van der Waals surface area contributed by atoms with E-state index in [9.17, 15) is 8.42 Å². The highest BCUT2D eigenvalue weighted by Crippen LogP contribution is 2.30. The highest BCUT2D eigenvalue weighted by atomic mass is 32.2. The lowest BCUT2D eigenvalue weighted by Gasteiger charge is -2.33. The van der Waals surface area contributed by atoms with Crippen LogP contribution in [-0.2, 0) is 10.2 Å². The van der Waals surface area contributed by atoms with Crippen LogP contribution in [0.5, 0.6) is 0 Å². The molecule has 0 bridgehead atoms. The Labute approximate surface area is 146 Å². The molecule has 2 aromatic heterocycles. The smallest absolute Gasteiger partial charge is 0.261 e. The first-order chi connectivity index (χ1) is 11.4. The normalized spacial score (nSPS) is 19.8. The Morgan fingerprint density at radius 3 is 2.75 bits per heavy atom. The first-order valence-corrected chi connectivity index (χ1v) is 10.0. The molecular formula is C15H21N5O2S2. The van der Waals surface area contributed by atoms with Crippen molar-refractivity contribution in [3.05, 3.63) is 29.3 Å². The second kappa shape index (κ2) is 6.83. The van der Waals surface area contributed by atoms with E-state index in [1.54, 1.807) is 44.0 Å². The van der Waals surface area contributed by atoms with E-state index in [0.29, 0.717) is 13.1 Å². The Bertz CT molecular complexity index is 819. The monoisotopic (exact) mass is 367 g/mol. The SMILES string of the molecule is Cc1ncc(-c2cncc([C@H]3CCCN(S(=O)(=O)N(C)C)C3)n2)s1. The van der Waals surface area contributed by atoms with E-state index in [2.05, 4.69) is 9.97 Å². The van der Waals surface area contributed by atoms with Gasteiger partial charge in [-0.1, -0.05) is 0 Å². The maximum Gasteiger partial charge on any atom is 0.281 e. The van der Waals surface area contributed by atoms with E-state index in [-0.39, 0.29) is 5.92 Å². The van der Waals surface area contributed by atoms with E-state index >= 15 is 0 Å². The zero-order valence-electron chi connectivity index (χ0n) is 14.0. The molecule has 1 saturated heterocycles. The summed E-state index contributed by atoms with van der Waals surface area (Å²) in [5.74, 6) is 0.0648. The number of hydrogen-bond acceptors (Lipinski definition) is 6. The number of aromatic nitrogens is 3. The average Bonchev–Trinajstić information content (AvgIpc) is 3.01. The van der Waals surface area contributed by atoms with Crippen LogP contribution in [0, 0.1) is 6.92 Å². The molecule has 0 unspecified atom stereocenters. The minimum absolute atomic E-state index is 0.0648. The van der Waals surface area contributed by atoms with E-state index in [1.165, 1.54) is 8.61 Å². The molecular weight excluding hydrogens is 346 g/mol. The standard InChI is InChI=1S/C15H21N5O2S2/c1-11-17-9-15(23-11)14-8-16-7-13(18-14)12-5-4-6-20(10-12)24(21,22)19(2)3/h7-9,12H,4-6,10H2,1-3H3/t12-/m0/s1. The largest absolute Gasteiger partial charge is 0.281 e. The van der Waals surface area contributed by atoms with Crippen LogP contribution in [0.25, 0.3) is 10.6 Å². The Kier molecular flexibility index (Phi) is 4.95. The van der Waals surface area contributed by atoms with Gasteiger partial charge in [0.15, 0.2) is 0 Å². The second-order valence-electron chi connectivity index (χ2n) is 6.06. The number of thiazole rings is 1. The number of piperidine rings is 1. The van der Waals surface area contributed by atoms with Gasteiger partial charge < -0.3 is 0 Å². The van der Waals surface area contributed by atoms with Crippen LogP contribution in [0.15, 0.2) is 18.6 Å². The maximum absolute atomic E-state index is 12.4. The zero-order chi connectivity index (χ0) is 17.3. The maximum atomic E-state index is 12.4. The topological polar surface area (TPSA) is 79.3 Å². The molecule has 24 heavy (non-hydrogen) atoms. The molecule has 1 aliphatic heterocycles. The molecule has 2 aromatic rings. The summed E-state index contributed by atoms with van der Waals surface area (Å²) in [4.78, 5) is 14.3. The number of nitrogens with zero attached hydrogens (tertiary/aromatic N) is 5. The van der Waals surface area contributed by atoms with Crippen LogP contribution >= 0.6 is 11.3 Å². The summed E-state index contributed by atoms with van der Waals surface area (Å²) < 4.78 is 27.5. The van der Waals surface area contributed by atoms with Crippen molar-refractivity contribution < 1.29 is 8.42 Å². The molecule has 1 aliphatic rings. The fourth-order valence-corrected chi connectivity index (χ4v) is 4.72. The van der Waals surface area contributed by atoms with Crippen LogP contribution < -0.4 is 0 Å². The quantitative estimate of drug-likeness (QED) is 0.824. The molecule has 7 nitrogen and oxygen atoms in total. The van der Waals surface area contributed by atoms with E-state index < -0.39 is 10.2 Å². The third kappa shape index (κ3) is 3.49. The Hall–Kier alpha value is -1.42. The summed E-state index contributed by atoms with van der Waals surface area (Å²) in [6.45, 7) is 2.95. The summed E-state index contributed by atoms with van der Waals surface area (Å²) in [5.41, 5.74) is 1.64. The molecule has 1 atom stereocenters. The average molecular weight is 368 g/mol. The molecule has 130 valence electrons. The molecule has 1 fully saturated rings. The van der Waals surface area contributed by atoms with Gasteiger partial charge in [0.2, 0.25) is 0 Å². The van der Waals surface area contributed by atoms with Crippen molar-refractivity contribution >= 4 is 21.5 Å². The predicted molar refractivity (Wildman–Crippen MR) is 94.0 cm³/mol. The van der Waals surface area contributed by atoms with Gasteiger partial charge in [0.05, 0.1) is 21.8 Å². The van der Waals surface area contributed by atoms with Crippen molar-refractivity contribution in [2.45, 2.75) is 25.7 Å². The third-order valence-corrected chi connectivity index (χ3v) is 6.96. The molecule has 0 amide bonds. The Balaban J connectivity index is 1.84. The Morgan fingerprint density at radius 1 is 1.29 bits per heavy atom. The van der Waals surface area contributed by atoms with Gasteiger partial charge in [-0.05, 0) is 19.8 Å². The number of rotatable bonds is 4. The molecule has 9 heteroatoms. The van der Waals surface area contributed by atoms with Gasteiger partial charge in [0, 0.05) is 45.5 Å². The lowest BCUT2D eigenvalue weighted by molar-refractivity contribution is 0.296. The Morgan fingerprint density at radius 2 is 2.08 bits per heavy atom. The van der Waals surface area contributed by atoms with Gasteiger partial charge in [-0.3, -0.25) is 4.98 Å². The summed E-state index contributed by atoms with van der Waals surface area (Å²) in [6, 6.07) is 0. The molecule has 0 aromatic carbocycles. The van der Waals surface area contributed by atoms with Crippen molar-refractivity contribution in [2.24, 2.45) is 0 Å². The highest BCUT2D eigenvalue weighted by molar-refractivity contribution is 7.86. The molecule has 0 aliphatic carbocycles. The van der Waals surface area contributed by atoms with Gasteiger partial charge in [0.1, 0.15) is 5.69 Å². The van der Waals surface area contributed by atoms with Crippen molar-refractivity contribution in [1.82, 2.24) is 23.6 Å². The van der Waals surface area contributed by atoms with Crippen molar-refractivity contribution in [1.29, 1.82) is 0 Å². The fraction of sp³-hybridized carbons (Fsp3) is 0.533. The highest BCUT2D eigenvalue weighted by Gasteiger charge is 2.31. The molecule has 0 N–H and O–H groups in total. The summed E-state index contributed by atoms with van der Waals surface area (Å²) in [6.07, 6.45) is 7.02. The summed E-state index contributed by atoms with van der Waals surface area (Å²) >= 11 is 1.58. The fourth-order valence-electron chi connectivity index (χ4n) is 2.80. The summed E-state index contributed by atoms with van der Waals surface area (Å²) in [7, 11) is -0.267. The minimum Gasteiger partial charge on any atom is -0.261 e. The van der Waals surface area contributed by atoms with Gasteiger partial charge in [-0.25, -0.2) is 9.97 Å². The van der Waals surface area contributed by atoms with E-state index in [4.69, 9.17) is 4.98 Å². The number of aryl methyl sites for hydroxylation is 1. The van der Waals surface area contributed by atoms with Crippen molar-refractivity contribution in [3.63, 3.8) is 0 Å². The lowest BCUT2D eigenvalue weighted by atomic mass is 9.96. The van der Waals surface area contributed by atoms with Crippen LogP contribution in [0.4, 0.5) is 0 Å². The lowest BCUT2D eigenvalue weighted by Crippen LogP contribution is -2.45. The van der Waals surface area contributed by atoms with E-state index in [0.717, 1.165) is 34.1 Å². The minimum atomic E-state index is -3.39. The molecule has 0 spiro atoms. The summed E-state index contributed by atoms with van der Waals surface area (Å²) in [5, 5.41) is 0.984. The predicted octanol–water partition coefficient (Wildman–Crippen LogP) is 1.89. The first kappa shape index (κ1) is 17.4. The van der Waals surface area contributed by atoms with Crippen LogP contribution in [0.1, 0.15) is 29.5 Å². The van der Waals surface area contributed by atoms with Gasteiger partial charge >= 0.3 is 0 Å². The molecule has 0 radical (unpaired) electrons. The third-order valence-electron chi connectivity index (χ3n) is 4.12. The van der Waals surface area contributed by atoms with Gasteiger partial charge in [-0.15, -0.1) is 11.3 Å². The van der Waals surface area contributed by atoms with Crippen LogP contribution in [0.2, 0.25) is 0 Å². The second-order valence-corrected chi connectivity index (χ2v) is 9.44. The molecule has 0 saturated carbocycles. The molecule has 3 heterocycles. The number of hydrogen-bond donors (Lipinski definition) is 0. The van der Waals surface area contributed by atoms with Gasteiger partial charge in [-0.2, -0.15) is 17.0 Å². The van der Waals surface area contributed by atoms with Crippen LogP contribution in [-0.4, -0.2) is 59.2 Å². The van der Waals surface area contributed by atoms with Crippen molar-refractivity contribution in [2.75, 3.05) is 27.2 Å². The zero-order valence-corrected chi connectivity index (χ0v) is 15.6. The first-order valence-electron chi connectivity index (χ1n) is 7.80. The van der Waals surface area contributed by atoms with Gasteiger partial charge in [0.25, 0.3) is 10.2 Å². The van der Waals surface area contributed by atoms with Crippen LogP contribution in [0.3, 0.4) is 0 Å². The molecule has 3 rings (SSSR count). The van der Waals surface area contributed by atoms with Crippen molar-refractivity contribution in [3.8, 4) is 10.6 Å². The van der Waals surface area contributed by atoms with E-state index in [1.807, 2.05) is 6.92 Å².